The van der Waals surface area contributed by atoms with Crippen LogP contribution in [0.15, 0.2) is 21.1 Å². The maximum Gasteiger partial charge on any atom is 0.374 e. The van der Waals surface area contributed by atoms with E-state index < -0.39 is 5.97 Å². The van der Waals surface area contributed by atoms with Gasteiger partial charge < -0.3 is 19.1 Å². The van der Waals surface area contributed by atoms with Crippen LogP contribution in [0.3, 0.4) is 0 Å². The Labute approximate surface area is 128 Å². The van der Waals surface area contributed by atoms with Crippen LogP contribution in [-0.2, 0) is 6.42 Å². The number of aromatic carboxylic acids is 1. The molecular weight excluding hydrogens is 342 g/mol. The molecule has 0 saturated carbocycles. The lowest BCUT2D eigenvalue weighted by molar-refractivity contribution is 0.0652. The lowest BCUT2D eigenvalue weighted by Crippen LogP contribution is -2.05. The minimum absolute atomic E-state index is 0.0624. The Balaban J connectivity index is 2.15. The molecule has 0 aliphatic carbocycles. The first-order valence-corrected chi connectivity index (χ1v) is 7.07. The molecule has 7 heteroatoms. The monoisotopic (exact) mass is 353 g/mol. The molecule has 0 amide bonds. The molecule has 0 fully saturated rings. The predicted molar refractivity (Wildman–Crippen MR) is 76.9 cm³/mol. The quantitative estimate of drug-likeness (QED) is 0.912. The highest BCUT2D eigenvalue weighted by Crippen LogP contribution is 2.46. The van der Waals surface area contributed by atoms with Gasteiger partial charge in [0.25, 0.3) is 0 Å². The summed E-state index contributed by atoms with van der Waals surface area (Å²) >= 11 is 3.54. The van der Waals surface area contributed by atoms with Crippen molar-refractivity contribution in [3.63, 3.8) is 0 Å². The van der Waals surface area contributed by atoms with Gasteiger partial charge in [0.15, 0.2) is 11.5 Å². The highest BCUT2D eigenvalue weighted by atomic mass is 79.9. The van der Waals surface area contributed by atoms with Crippen LogP contribution in [0.5, 0.6) is 11.5 Å². The van der Waals surface area contributed by atoms with E-state index >= 15 is 0 Å². The SMILES string of the molecule is COc1cc(-c2cc(C(=O)O)on2)c(Br)c2c1OC(C)C2. The molecule has 6 nitrogen and oxygen atoms in total. The van der Waals surface area contributed by atoms with Crippen LogP contribution in [0.25, 0.3) is 11.3 Å². The first-order valence-electron chi connectivity index (χ1n) is 6.27. The zero-order valence-electron chi connectivity index (χ0n) is 11.3. The first-order chi connectivity index (χ1) is 10.0. The number of rotatable bonds is 3. The summed E-state index contributed by atoms with van der Waals surface area (Å²) in [6.45, 7) is 1.98. The van der Waals surface area contributed by atoms with Crippen molar-refractivity contribution in [1.82, 2.24) is 5.16 Å². The van der Waals surface area contributed by atoms with Crippen LogP contribution in [0, 0.1) is 0 Å². The summed E-state index contributed by atoms with van der Waals surface area (Å²) in [6, 6.07) is 3.14. The number of carboxylic acids is 1. The fraction of sp³-hybridized carbons (Fsp3) is 0.286. The molecule has 1 aromatic heterocycles. The molecular formula is C14H12BrNO5. The Morgan fingerprint density at radius 2 is 2.29 bits per heavy atom. The van der Waals surface area contributed by atoms with Crippen LogP contribution < -0.4 is 9.47 Å². The fourth-order valence-corrected chi connectivity index (χ4v) is 3.01. The first kappa shape index (κ1) is 13.9. The van der Waals surface area contributed by atoms with E-state index in [0.717, 1.165) is 16.5 Å². The van der Waals surface area contributed by atoms with Gasteiger partial charge in [0.1, 0.15) is 11.8 Å². The molecule has 2 aromatic rings. The van der Waals surface area contributed by atoms with Gasteiger partial charge in [-0.2, -0.15) is 0 Å². The van der Waals surface area contributed by atoms with E-state index in [2.05, 4.69) is 21.1 Å². The average molecular weight is 354 g/mol. The van der Waals surface area contributed by atoms with E-state index in [-0.39, 0.29) is 11.9 Å². The number of methoxy groups -OCH3 is 1. The van der Waals surface area contributed by atoms with Gasteiger partial charge in [-0.15, -0.1) is 0 Å². The Kier molecular flexibility index (Phi) is 3.36. The largest absolute Gasteiger partial charge is 0.493 e. The topological polar surface area (TPSA) is 81.8 Å². The second-order valence-electron chi connectivity index (χ2n) is 4.76. The predicted octanol–water partition coefficient (Wildman–Crippen LogP) is 3.13. The number of hydrogen-bond acceptors (Lipinski definition) is 5. The standard InChI is InChI=1S/C14H12BrNO5/c1-6-3-8-12(15)7(4-10(19-2)13(8)20-6)9-5-11(14(17)18)21-16-9/h4-6H,3H2,1-2H3,(H,17,18). The molecule has 0 spiro atoms. The summed E-state index contributed by atoms with van der Waals surface area (Å²) in [6.07, 6.45) is 0.802. The number of ether oxygens (including phenoxy) is 2. The number of fused-ring (bicyclic) bond motifs is 1. The lowest BCUT2D eigenvalue weighted by atomic mass is 10.0. The van der Waals surface area contributed by atoms with E-state index in [1.807, 2.05) is 6.92 Å². The van der Waals surface area contributed by atoms with Gasteiger partial charge in [-0.25, -0.2) is 4.79 Å². The molecule has 2 heterocycles. The fourth-order valence-electron chi connectivity index (χ4n) is 2.35. The summed E-state index contributed by atoms with van der Waals surface area (Å²) in [7, 11) is 1.56. The smallest absolute Gasteiger partial charge is 0.374 e. The summed E-state index contributed by atoms with van der Waals surface area (Å²) in [4.78, 5) is 10.9. The zero-order valence-corrected chi connectivity index (χ0v) is 12.9. The van der Waals surface area contributed by atoms with Crippen molar-refractivity contribution in [3.8, 4) is 22.8 Å². The van der Waals surface area contributed by atoms with Gasteiger partial charge in [0.2, 0.25) is 5.76 Å². The van der Waals surface area contributed by atoms with E-state index in [4.69, 9.17) is 19.1 Å². The molecule has 1 atom stereocenters. The van der Waals surface area contributed by atoms with Crippen molar-refractivity contribution in [2.45, 2.75) is 19.4 Å². The zero-order chi connectivity index (χ0) is 15.1. The Hall–Kier alpha value is -2.02. The summed E-state index contributed by atoms with van der Waals surface area (Å²) in [5.41, 5.74) is 2.12. The van der Waals surface area contributed by atoms with Crippen molar-refractivity contribution < 1.29 is 23.9 Å². The van der Waals surface area contributed by atoms with Crippen LogP contribution in [-0.4, -0.2) is 29.4 Å². The van der Waals surface area contributed by atoms with Gasteiger partial charge in [-0.1, -0.05) is 5.16 Å². The minimum atomic E-state index is -1.16. The van der Waals surface area contributed by atoms with Crippen molar-refractivity contribution in [2.24, 2.45) is 0 Å². The Morgan fingerprint density at radius 3 is 2.90 bits per heavy atom. The number of carboxylic acid groups (broad SMARTS) is 1. The molecule has 1 aromatic carbocycles. The van der Waals surface area contributed by atoms with Crippen molar-refractivity contribution >= 4 is 21.9 Å². The summed E-state index contributed by atoms with van der Waals surface area (Å²) < 4.78 is 16.7. The summed E-state index contributed by atoms with van der Waals surface area (Å²) in [5.74, 6) is -0.0639. The highest BCUT2D eigenvalue weighted by Gasteiger charge is 2.28. The van der Waals surface area contributed by atoms with Gasteiger partial charge in [-0.05, 0) is 28.9 Å². The third-order valence-corrected chi connectivity index (χ3v) is 4.21. The average Bonchev–Trinajstić information content (AvgIpc) is 3.06. The number of hydrogen-bond donors (Lipinski definition) is 1. The maximum atomic E-state index is 10.9. The summed E-state index contributed by atoms with van der Waals surface area (Å²) in [5, 5.41) is 12.7. The second kappa shape index (κ2) is 5.07. The molecule has 0 saturated heterocycles. The van der Waals surface area contributed by atoms with Crippen LogP contribution in [0.2, 0.25) is 0 Å². The minimum Gasteiger partial charge on any atom is -0.493 e. The molecule has 21 heavy (non-hydrogen) atoms. The van der Waals surface area contributed by atoms with Crippen molar-refractivity contribution in [2.75, 3.05) is 7.11 Å². The maximum absolute atomic E-state index is 10.9. The molecule has 0 bridgehead atoms. The number of halogens is 1. The molecule has 1 aliphatic heterocycles. The van der Waals surface area contributed by atoms with Crippen molar-refractivity contribution in [3.05, 3.63) is 27.9 Å². The number of aromatic nitrogens is 1. The van der Waals surface area contributed by atoms with E-state index in [1.54, 1.807) is 13.2 Å². The Bertz CT molecular complexity index is 724. The van der Waals surface area contributed by atoms with Crippen LogP contribution >= 0.6 is 15.9 Å². The van der Waals surface area contributed by atoms with E-state index in [0.29, 0.717) is 22.8 Å². The number of nitrogens with zero attached hydrogens (tertiary/aromatic N) is 1. The van der Waals surface area contributed by atoms with Crippen molar-refractivity contribution in [1.29, 1.82) is 0 Å². The number of benzene rings is 1. The van der Waals surface area contributed by atoms with Gasteiger partial charge in [0, 0.05) is 28.1 Å². The van der Waals surface area contributed by atoms with Gasteiger partial charge in [-0.3, -0.25) is 0 Å². The van der Waals surface area contributed by atoms with Gasteiger partial charge >= 0.3 is 5.97 Å². The second-order valence-corrected chi connectivity index (χ2v) is 5.56. The number of carbonyl (C=O) groups is 1. The third-order valence-electron chi connectivity index (χ3n) is 3.30. The lowest BCUT2D eigenvalue weighted by Gasteiger charge is -2.11. The molecule has 1 unspecified atom stereocenters. The molecule has 110 valence electrons. The van der Waals surface area contributed by atoms with Gasteiger partial charge in [0.05, 0.1) is 7.11 Å². The van der Waals surface area contributed by atoms with Crippen LogP contribution in [0.1, 0.15) is 23.0 Å². The third kappa shape index (κ3) is 2.27. The highest BCUT2D eigenvalue weighted by molar-refractivity contribution is 9.10. The molecule has 1 aliphatic rings. The Morgan fingerprint density at radius 1 is 1.52 bits per heavy atom. The normalized spacial score (nSPS) is 16.4. The van der Waals surface area contributed by atoms with E-state index in [1.165, 1.54) is 6.07 Å². The molecule has 3 rings (SSSR count). The molecule has 1 N–H and O–H groups in total. The molecule has 0 radical (unpaired) electrons. The van der Waals surface area contributed by atoms with E-state index in [9.17, 15) is 4.79 Å². The van der Waals surface area contributed by atoms with Crippen LogP contribution in [0.4, 0.5) is 0 Å².